The molecule has 1 aromatic heterocycles. The average molecular weight is 378 g/mol. The van der Waals surface area contributed by atoms with E-state index < -0.39 is 0 Å². The van der Waals surface area contributed by atoms with E-state index in [1.165, 1.54) is 0 Å². The van der Waals surface area contributed by atoms with E-state index in [1.54, 1.807) is 42.7 Å². The summed E-state index contributed by atoms with van der Waals surface area (Å²) in [7, 11) is 1.64. The Morgan fingerprint density at radius 2 is 1.85 bits per heavy atom. The summed E-state index contributed by atoms with van der Waals surface area (Å²) in [5, 5.41) is 2.00. The lowest BCUT2D eigenvalue weighted by Gasteiger charge is -2.08. The molecule has 0 amide bonds. The third kappa shape index (κ3) is 3.59. The second kappa shape index (κ2) is 7.29. The second-order valence-electron chi connectivity index (χ2n) is 6.20. The van der Waals surface area contributed by atoms with Gasteiger partial charge in [0, 0.05) is 17.0 Å². The Labute approximate surface area is 161 Å². The number of fused-ring (bicyclic) bond motifs is 1. The first-order chi connectivity index (χ1) is 13.1. The first-order valence-electron chi connectivity index (χ1n) is 8.52. The van der Waals surface area contributed by atoms with Gasteiger partial charge in [-0.25, -0.2) is 0 Å². The fourth-order valence-corrected chi connectivity index (χ4v) is 3.64. The number of benzene rings is 2. The number of methoxy groups -OCH3 is 1. The van der Waals surface area contributed by atoms with Gasteiger partial charge in [0.05, 0.1) is 12.7 Å². The molecular formula is C22H18O4S. The molecular weight excluding hydrogens is 360 g/mol. The van der Waals surface area contributed by atoms with Gasteiger partial charge in [0.25, 0.3) is 0 Å². The van der Waals surface area contributed by atoms with Gasteiger partial charge in [-0.15, -0.1) is 11.3 Å². The van der Waals surface area contributed by atoms with Gasteiger partial charge in [-0.3, -0.25) is 4.79 Å². The van der Waals surface area contributed by atoms with E-state index in [2.05, 4.69) is 0 Å². The van der Waals surface area contributed by atoms with E-state index in [-0.39, 0.29) is 5.78 Å². The van der Waals surface area contributed by atoms with Crippen LogP contribution in [0.15, 0.2) is 59.7 Å². The number of hydrogen-bond donors (Lipinski definition) is 0. The largest absolute Gasteiger partial charge is 0.497 e. The van der Waals surface area contributed by atoms with Gasteiger partial charge in [0.2, 0.25) is 5.78 Å². The van der Waals surface area contributed by atoms with Crippen LogP contribution < -0.4 is 14.2 Å². The van der Waals surface area contributed by atoms with Crippen LogP contribution in [0.5, 0.6) is 17.2 Å². The van der Waals surface area contributed by atoms with Crippen LogP contribution in [-0.2, 0) is 6.61 Å². The molecule has 0 aliphatic carbocycles. The van der Waals surface area contributed by atoms with Crippen molar-refractivity contribution in [3.8, 4) is 17.2 Å². The summed E-state index contributed by atoms with van der Waals surface area (Å²) in [4.78, 5) is 13.6. The van der Waals surface area contributed by atoms with Gasteiger partial charge in [-0.05, 0) is 53.8 Å². The van der Waals surface area contributed by atoms with Crippen LogP contribution in [0.4, 0.5) is 0 Å². The van der Waals surface area contributed by atoms with Gasteiger partial charge in [-0.2, -0.15) is 0 Å². The van der Waals surface area contributed by atoms with Crippen LogP contribution in [-0.4, -0.2) is 12.9 Å². The van der Waals surface area contributed by atoms with Gasteiger partial charge < -0.3 is 14.2 Å². The highest BCUT2D eigenvalue weighted by molar-refractivity contribution is 7.11. The number of rotatable bonds is 5. The zero-order valence-electron chi connectivity index (χ0n) is 15.0. The van der Waals surface area contributed by atoms with Gasteiger partial charge in [-0.1, -0.05) is 12.1 Å². The topological polar surface area (TPSA) is 44.8 Å². The zero-order chi connectivity index (χ0) is 18.8. The smallest absolute Gasteiger partial charge is 0.232 e. The molecule has 4 nitrogen and oxygen atoms in total. The molecule has 0 atom stereocenters. The van der Waals surface area contributed by atoms with Crippen molar-refractivity contribution >= 4 is 23.2 Å². The molecule has 1 aliphatic rings. The van der Waals surface area contributed by atoms with Crippen molar-refractivity contribution in [2.24, 2.45) is 0 Å². The van der Waals surface area contributed by atoms with E-state index >= 15 is 0 Å². The molecule has 2 aromatic carbocycles. The fraction of sp³-hybridized carbons (Fsp3) is 0.136. The van der Waals surface area contributed by atoms with E-state index in [4.69, 9.17) is 14.2 Å². The Kier molecular flexibility index (Phi) is 4.69. The number of carbonyl (C=O) groups is 1. The summed E-state index contributed by atoms with van der Waals surface area (Å²) in [6.45, 7) is 2.44. The molecule has 2 heterocycles. The standard InChI is InChI=1S/C22H18O4S/c1-14-9-10-27-21(14)12-20-22(23)18-8-7-17(11-19(18)26-20)25-13-15-3-5-16(24-2)6-4-15/h3-12H,13H2,1-2H3/b20-12-. The molecule has 5 heteroatoms. The number of ketones is 1. The maximum Gasteiger partial charge on any atom is 0.232 e. The van der Waals surface area contributed by atoms with Crippen LogP contribution >= 0.6 is 11.3 Å². The summed E-state index contributed by atoms with van der Waals surface area (Å²) in [5.74, 6) is 2.25. The highest BCUT2D eigenvalue weighted by Crippen LogP contribution is 2.35. The zero-order valence-corrected chi connectivity index (χ0v) is 15.8. The predicted molar refractivity (Wildman–Crippen MR) is 106 cm³/mol. The van der Waals surface area contributed by atoms with Crippen molar-refractivity contribution in [1.82, 2.24) is 0 Å². The first-order valence-corrected chi connectivity index (χ1v) is 9.40. The first kappa shape index (κ1) is 17.4. The number of allylic oxidation sites excluding steroid dienone is 1. The molecule has 0 fully saturated rings. The maximum absolute atomic E-state index is 12.5. The van der Waals surface area contributed by atoms with Crippen LogP contribution in [0.2, 0.25) is 0 Å². The third-order valence-electron chi connectivity index (χ3n) is 4.37. The van der Waals surface area contributed by atoms with E-state index in [0.717, 1.165) is 21.8 Å². The number of aryl methyl sites for hydroxylation is 1. The van der Waals surface area contributed by atoms with Crippen molar-refractivity contribution in [2.75, 3.05) is 7.11 Å². The Bertz CT molecular complexity index is 1020. The summed E-state index contributed by atoms with van der Waals surface area (Å²) < 4.78 is 16.8. The highest BCUT2D eigenvalue weighted by atomic mass is 32.1. The molecule has 27 heavy (non-hydrogen) atoms. The van der Waals surface area contributed by atoms with Crippen molar-refractivity contribution in [1.29, 1.82) is 0 Å². The molecule has 0 saturated carbocycles. The second-order valence-corrected chi connectivity index (χ2v) is 7.15. The van der Waals surface area contributed by atoms with Crippen LogP contribution in [0.3, 0.4) is 0 Å². The molecule has 0 radical (unpaired) electrons. The lowest BCUT2D eigenvalue weighted by Crippen LogP contribution is -1.97. The summed E-state index contributed by atoms with van der Waals surface area (Å²) in [6.07, 6.45) is 1.81. The fourth-order valence-electron chi connectivity index (χ4n) is 2.80. The van der Waals surface area contributed by atoms with Crippen molar-refractivity contribution in [3.63, 3.8) is 0 Å². The molecule has 0 saturated heterocycles. The Hall–Kier alpha value is -3.05. The normalized spacial score (nSPS) is 14.1. The minimum atomic E-state index is -0.0977. The molecule has 0 N–H and O–H groups in total. The minimum absolute atomic E-state index is 0.0977. The Morgan fingerprint density at radius 1 is 1.07 bits per heavy atom. The van der Waals surface area contributed by atoms with E-state index in [1.807, 2.05) is 42.6 Å². The summed E-state index contributed by atoms with van der Waals surface area (Å²) in [5.41, 5.74) is 2.72. The highest BCUT2D eigenvalue weighted by Gasteiger charge is 2.28. The molecule has 0 spiro atoms. The molecule has 4 rings (SSSR count). The number of thiophene rings is 1. The minimum Gasteiger partial charge on any atom is -0.497 e. The monoisotopic (exact) mass is 378 g/mol. The summed E-state index contributed by atoms with van der Waals surface area (Å²) in [6, 6.07) is 15.0. The van der Waals surface area contributed by atoms with Gasteiger partial charge >= 0.3 is 0 Å². The van der Waals surface area contributed by atoms with Crippen molar-refractivity contribution in [2.45, 2.75) is 13.5 Å². The van der Waals surface area contributed by atoms with Crippen LogP contribution in [0.1, 0.15) is 26.4 Å². The molecule has 3 aromatic rings. The molecule has 1 aliphatic heterocycles. The summed E-state index contributed by atoms with van der Waals surface area (Å²) >= 11 is 1.59. The van der Waals surface area contributed by atoms with Gasteiger partial charge in [0.15, 0.2) is 5.76 Å². The van der Waals surface area contributed by atoms with Crippen LogP contribution in [0, 0.1) is 6.92 Å². The number of Topliss-reactive ketones (excluding diaryl/α,β-unsaturated/α-hetero) is 1. The molecule has 0 bridgehead atoms. The van der Waals surface area contributed by atoms with Gasteiger partial charge in [0.1, 0.15) is 23.9 Å². The SMILES string of the molecule is COc1ccc(COc2ccc3c(c2)O/C(=C\c2sccc2C)C3=O)cc1. The Balaban J connectivity index is 1.49. The predicted octanol–water partition coefficient (Wildman–Crippen LogP) is 5.26. The molecule has 0 unspecified atom stereocenters. The number of carbonyl (C=O) groups excluding carboxylic acids is 1. The average Bonchev–Trinajstić information content (AvgIpc) is 3.24. The quantitative estimate of drug-likeness (QED) is 0.568. The lowest BCUT2D eigenvalue weighted by atomic mass is 10.1. The number of ether oxygens (including phenoxy) is 3. The van der Waals surface area contributed by atoms with Crippen molar-refractivity contribution < 1.29 is 19.0 Å². The lowest BCUT2D eigenvalue weighted by molar-refractivity contribution is 0.101. The van der Waals surface area contributed by atoms with E-state index in [0.29, 0.717) is 29.4 Å². The van der Waals surface area contributed by atoms with Crippen molar-refractivity contribution in [3.05, 3.63) is 81.2 Å². The Morgan fingerprint density at radius 3 is 2.56 bits per heavy atom. The maximum atomic E-state index is 12.5. The number of hydrogen-bond acceptors (Lipinski definition) is 5. The van der Waals surface area contributed by atoms with Crippen LogP contribution in [0.25, 0.3) is 6.08 Å². The van der Waals surface area contributed by atoms with E-state index in [9.17, 15) is 4.79 Å². The molecule has 136 valence electrons. The third-order valence-corrected chi connectivity index (χ3v) is 5.34.